The number of nitrogens with zero attached hydrogens (tertiary/aromatic N) is 2. The van der Waals surface area contributed by atoms with Gasteiger partial charge in [-0.25, -0.2) is 4.98 Å². The first-order chi connectivity index (χ1) is 9.11. The summed E-state index contributed by atoms with van der Waals surface area (Å²) in [6.07, 6.45) is 1.64. The maximum absolute atomic E-state index is 12.0. The van der Waals surface area contributed by atoms with E-state index in [9.17, 15) is 4.79 Å². The number of carbonyl (C=O) groups excluding carboxylic acids is 1. The normalized spacial score (nSPS) is 12.6. The highest BCUT2D eigenvalue weighted by molar-refractivity contribution is 7.18. The van der Waals surface area contributed by atoms with Crippen molar-refractivity contribution in [3.63, 3.8) is 0 Å². The lowest BCUT2D eigenvalue weighted by atomic mass is 10.1. The first-order valence-electron chi connectivity index (χ1n) is 6.46. The lowest BCUT2D eigenvalue weighted by molar-refractivity contribution is -0.131. The molecule has 2 N–H and O–H groups in total. The van der Waals surface area contributed by atoms with Crippen molar-refractivity contribution in [2.75, 3.05) is 7.05 Å². The number of fused-ring (bicyclic) bond motifs is 1. The molecule has 1 atom stereocenters. The van der Waals surface area contributed by atoms with E-state index in [4.69, 9.17) is 5.73 Å². The van der Waals surface area contributed by atoms with Crippen LogP contribution < -0.4 is 5.73 Å². The molecule has 4 nitrogen and oxygen atoms in total. The molecule has 1 heterocycles. The predicted octanol–water partition coefficient (Wildman–Crippen LogP) is 2.38. The van der Waals surface area contributed by atoms with Gasteiger partial charge in [0.15, 0.2) is 0 Å². The largest absolute Gasteiger partial charge is 0.338 e. The third-order valence-electron chi connectivity index (χ3n) is 3.00. The molecule has 2 aromatic rings. The van der Waals surface area contributed by atoms with E-state index in [0.717, 1.165) is 28.1 Å². The Morgan fingerprint density at radius 2 is 2.21 bits per heavy atom. The summed E-state index contributed by atoms with van der Waals surface area (Å²) in [5.41, 5.74) is 6.84. The molecule has 1 aromatic heterocycles. The van der Waals surface area contributed by atoms with Gasteiger partial charge in [-0.05, 0) is 18.6 Å². The number of hydrogen-bond acceptors (Lipinski definition) is 4. The monoisotopic (exact) mass is 277 g/mol. The second-order valence-electron chi connectivity index (χ2n) is 4.66. The fourth-order valence-electron chi connectivity index (χ4n) is 1.99. The summed E-state index contributed by atoms with van der Waals surface area (Å²) in [4.78, 5) is 18.2. The summed E-state index contributed by atoms with van der Waals surface area (Å²) in [6.45, 7) is 2.55. The van der Waals surface area contributed by atoms with Crippen LogP contribution in [0.25, 0.3) is 10.2 Å². The zero-order valence-corrected chi connectivity index (χ0v) is 12.1. The summed E-state index contributed by atoms with van der Waals surface area (Å²) >= 11 is 1.62. The van der Waals surface area contributed by atoms with Crippen molar-refractivity contribution >= 4 is 27.5 Å². The summed E-state index contributed by atoms with van der Waals surface area (Å²) in [5.74, 6) is -0.0129. The zero-order valence-electron chi connectivity index (χ0n) is 11.3. The van der Waals surface area contributed by atoms with Crippen LogP contribution in [0.5, 0.6) is 0 Å². The fourth-order valence-corrected chi connectivity index (χ4v) is 3.01. The van der Waals surface area contributed by atoms with Gasteiger partial charge in [0.25, 0.3) is 0 Å². The van der Waals surface area contributed by atoms with Crippen LogP contribution in [-0.4, -0.2) is 28.9 Å². The van der Waals surface area contributed by atoms with Gasteiger partial charge in [-0.2, -0.15) is 0 Å². The van der Waals surface area contributed by atoms with Crippen molar-refractivity contribution in [2.45, 2.75) is 32.4 Å². The molecule has 0 radical (unpaired) electrons. The number of likely N-dealkylation sites (N-methyl/N-ethyl adjacent to an activating group) is 1. The average molecular weight is 277 g/mol. The fraction of sp³-hybridized carbons (Fsp3) is 0.429. The first-order valence-corrected chi connectivity index (χ1v) is 7.28. The number of carbonyl (C=O) groups is 1. The van der Waals surface area contributed by atoms with Crippen LogP contribution in [0.1, 0.15) is 24.8 Å². The zero-order chi connectivity index (χ0) is 13.8. The number of amides is 1. The van der Waals surface area contributed by atoms with Crippen LogP contribution in [0.15, 0.2) is 24.3 Å². The van der Waals surface area contributed by atoms with Gasteiger partial charge >= 0.3 is 0 Å². The van der Waals surface area contributed by atoms with E-state index in [0.29, 0.717) is 6.54 Å². The van der Waals surface area contributed by atoms with Gasteiger partial charge in [-0.3, -0.25) is 4.79 Å². The number of para-hydroxylation sites is 1. The van der Waals surface area contributed by atoms with Gasteiger partial charge in [-0.15, -0.1) is 11.3 Å². The molecule has 1 amide bonds. The third kappa shape index (κ3) is 3.30. The minimum absolute atomic E-state index is 0.0129. The highest BCUT2D eigenvalue weighted by atomic mass is 32.1. The number of thiazole rings is 1. The van der Waals surface area contributed by atoms with Crippen LogP contribution in [0.2, 0.25) is 0 Å². The Balaban J connectivity index is 2.05. The van der Waals surface area contributed by atoms with Crippen molar-refractivity contribution in [2.24, 2.45) is 5.73 Å². The lowest BCUT2D eigenvalue weighted by Crippen LogP contribution is -2.41. The van der Waals surface area contributed by atoms with Crippen molar-refractivity contribution in [3.05, 3.63) is 29.3 Å². The Hall–Kier alpha value is -1.46. The molecule has 0 bridgehead atoms. The van der Waals surface area contributed by atoms with Crippen LogP contribution in [0, 0.1) is 0 Å². The van der Waals surface area contributed by atoms with E-state index in [1.165, 1.54) is 0 Å². The second-order valence-corrected chi connectivity index (χ2v) is 5.78. The average Bonchev–Trinajstić information content (AvgIpc) is 2.80. The Morgan fingerprint density at radius 3 is 2.89 bits per heavy atom. The molecule has 5 heteroatoms. The van der Waals surface area contributed by atoms with Crippen LogP contribution in [0.4, 0.5) is 0 Å². The van der Waals surface area contributed by atoms with Crippen molar-refractivity contribution in [1.82, 2.24) is 9.88 Å². The van der Waals surface area contributed by atoms with Gasteiger partial charge in [0.2, 0.25) is 5.91 Å². The molecule has 1 unspecified atom stereocenters. The first kappa shape index (κ1) is 14.0. The van der Waals surface area contributed by atoms with Gasteiger partial charge in [0.1, 0.15) is 5.01 Å². The van der Waals surface area contributed by atoms with Gasteiger partial charge < -0.3 is 10.6 Å². The summed E-state index contributed by atoms with van der Waals surface area (Å²) < 4.78 is 1.15. The van der Waals surface area contributed by atoms with E-state index in [2.05, 4.69) is 4.98 Å². The standard InChI is InChI=1S/C14H19N3OS/c1-3-6-10(15)14(18)17(2)9-13-16-11-7-4-5-8-12(11)19-13/h4-5,7-8,10H,3,6,9,15H2,1-2H3. The minimum atomic E-state index is -0.399. The molecule has 0 aliphatic carbocycles. The number of benzene rings is 1. The number of nitrogens with two attached hydrogens (primary N) is 1. The maximum Gasteiger partial charge on any atom is 0.239 e. The molecular weight excluding hydrogens is 258 g/mol. The van der Waals surface area contributed by atoms with Crippen LogP contribution in [0.3, 0.4) is 0 Å². The van der Waals surface area contributed by atoms with Crippen LogP contribution in [-0.2, 0) is 11.3 Å². The highest BCUT2D eigenvalue weighted by Gasteiger charge is 2.18. The number of hydrogen-bond donors (Lipinski definition) is 1. The maximum atomic E-state index is 12.0. The Labute approximate surface area is 117 Å². The smallest absolute Gasteiger partial charge is 0.239 e. The minimum Gasteiger partial charge on any atom is -0.338 e. The third-order valence-corrected chi connectivity index (χ3v) is 4.02. The molecule has 102 valence electrons. The quantitative estimate of drug-likeness (QED) is 0.913. The van der Waals surface area contributed by atoms with E-state index in [-0.39, 0.29) is 5.91 Å². The SMILES string of the molecule is CCCC(N)C(=O)N(C)Cc1nc2ccccc2s1. The van der Waals surface area contributed by atoms with Gasteiger partial charge in [0, 0.05) is 7.05 Å². The molecular formula is C14H19N3OS. The Morgan fingerprint density at radius 1 is 1.47 bits per heavy atom. The molecule has 0 aliphatic rings. The molecule has 0 aliphatic heterocycles. The molecule has 0 saturated heterocycles. The summed E-state index contributed by atoms with van der Waals surface area (Å²) in [6, 6.07) is 7.60. The van der Waals surface area contributed by atoms with Crippen molar-refractivity contribution < 1.29 is 4.79 Å². The Bertz CT molecular complexity index is 534. The van der Waals surface area contributed by atoms with Gasteiger partial charge in [0.05, 0.1) is 22.8 Å². The number of rotatable bonds is 5. The lowest BCUT2D eigenvalue weighted by Gasteiger charge is -2.19. The Kier molecular flexibility index (Phi) is 4.50. The molecule has 0 fully saturated rings. The summed E-state index contributed by atoms with van der Waals surface area (Å²) in [5, 5.41) is 0.945. The number of aromatic nitrogens is 1. The predicted molar refractivity (Wildman–Crippen MR) is 79.0 cm³/mol. The highest BCUT2D eigenvalue weighted by Crippen LogP contribution is 2.22. The van der Waals surface area contributed by atoms with Crippen molar-refractivity contribution in [3.8, 4) is 0 Å². The molecule has 0 spiro atoms. The topological polar surface area (TPSA) is 59.2 Å². The van der Waals surface area contributed by atoms with E-state index in [1.54, 1.807) is 23.3 Å². The van der Waals surface area contributed by atoms with Crippen LogP contribution >= 0.6 is 11.3 Å². The molecule has 19 heavy (non-hydrogen) atoms. The van der Waals surface area contributed by atoms with E-state index < -0.39 is 6.04 Å². The molecule has 1 aromatic carbocycles. The van der Waals surface area contributed by atoms with E-state index >= 15 is 0 Å². The van der Waals surface area contributed by atoms with E-state index in [1.807, 2.05) is 31.2 Å². The summed E-state index contributed by atoms with van der Waals surface area (Å²) in [7, 11) is 1.78. The second kappa shape index (κ2) is 6.12. The van der Waals surface area contributed by atoms with Gasteiger partial charge in [-0.1, -0.05) is 25.5 Å². The molecule has 0 saturated carbocycles. The molecule has 2 rings (SSSR count). The van der Waals surface area contributed by atoms with Crippen molar-refractivity contribution in [1.29, 1.82) is 0 Å².